The van der Waals surface area contributed by atoms with E-state index in [2.05, 4.69) is 50.2 Å². The molecule has 0 saturated carbocycles. The Morgan fingerprint density at radius 2 is 1.32 bits per heavy atom. The number of hydrogen-bond acceptors (Lipinski definition) is 1. The molecule has 0 fully saturated rings. The number of aliphatic hydroxyl groups excluding tert-OH is 1. The van der Waals surface area contributed by atoms with E-state index in [4.69, 9.17) is 0 Å². The molecule has 100 valence electrons. The highest BCUT2D eigenvalue weighted by atomic mass is 16.3. The maximum Gasteiger partial charge on any atom is 0.0620 e. The molecule has 0 aliphatic heterocycles. The third kappa shape index (κ3) is 4.22. The van der Waals surface area contributed by atoms with Crippen LogP contribution in [0.2, 0.25) is 0 Å². The molecule has 0 aliphatic carbocycles. The summed E-state index contributed by atoms with van der Waals surface area (Å²) >= 11 is 0. The van der Waals surface area contributed by atoms with Gasteiger partial charge in [0.25, 0.3) is 0 Å². The third-order valence-electron chi connectivity index (χ3n) is 3.43. The SMILES string of the molecule is CC(C)c1ccc(CC(O)Cc2ccccc2)cc1. The zero-order chi connectivity index (χ0) is 13.7. The van der Waals surface area contributed by atoms with E-state index in [1.165, 1.54) is 16.7 Å². The van der Waals surface area contributed by atoms with Crippen LogP contribution in [-0.4, -0.2) is 11.2 Å². The molecule has 0 saturated heterocycles. The van der Waals surface area contributed by atoms with Gasteiger partial charge in [-0.3, -0.25) is 0 Å². The van der Waals surface area contributed by atoms with Crippen LogP contribution < -0.4 is 0 Å². The van der Waals surface area contributed by atoms with E-state index in [0.717, 1.165) is 0 Å². The maximum atomic E-state index is 10.1. The monoisotopic (exact) mass is 254 g/mol. The van der Waals surface area contributed by atoms with Gasteiger partial charge in [0.05, 0.1) is 6.10 Å². The molecule has 0 aromatic heterocycles. The van der Waals surface area contributed by atoms with E-state index < -0.39 is 0 Å². The van der Waals surface area contributed by atoms with Crippen molar-refractivity contribution in [3.05, 3.63) is 71.3 Å². The van der Waals surface area contributed by atoms with Gasteiger partial charge < -0.3 is 5.11 Å². The van der Waals surface area contributed by atoms with Crippen molar-refractivity contribution >= 4 is 0 Å². The van der Waals surface area contributed by atoms with Crippen LogP contribution in [0, 0.1) is 0 Å². The zero-order valence-corrected chi connectivity index (χ0v) is 11.7. The predicted octanol–water partition coefficient (Wildman–Crippen LogP) is 3.96. The maximum absolute atomic E-state index is 10.1. The lowest BCUT2D eigenvalue weighted by atomic mass is 9.98. The van der Waals surface area contributed by atoms with Gasteiger partial charge in [-0.25, -0.2) is 0 Å². The molecule has 1 heteroatoms. The van der Waals surface area contributed by atoms with Gasteiger partial charge in [-0.05, 0) is 35.4 Å². The van der Waals surface area contributed by atoms with Gasteiger partial charge in [0.15, 0.2) is 0 Å². The first-order chi connectivity index (χ1) is 9.15. The Labute approximate surface area is 115 Å². The number of benzene rings is 2. The van der Waals surface area contributed by atoms with Crippen LogP contribution in [0.25, 0.3) is 0 Å². The largest absolute Gasteiger partial charge is 0.392 e. The fourth-order valence-corrected chi connectivity index (χ4v) is 2.27. The number of aliphatic hydroxyl groups is 1. The molecule has 0 bridgehead atoms. The van der Waals surface area contributed by atoms with Crippen molar-refractivity contribution in [3.8, 4) is 0 Å². The normalized spacial score (nSPS) is 12.6. The second-order valence-corrected chi connectivity index (χ2v) is 5.44. The minimum absolute atomic E-state index is 0.313. The number of rotatable bonds is 5. The van der Waals surface area contributed by atoms with Gasteiger partial charge in [0.1, 0.15) is 0 Å². The zero-order valence-electron chi connectivity index (χ0n) is 11.7. The van der Waals surface area contributed by atoms with Crippen molar-refractivity contribution in [2.45, 2.75) is 38.7 Å². The topological polar surface area (TPSA) is 20.2 Å². The van der Waals surface area contributed by atoms with Crippen LogP contribution in [0.15, 0.2) is 54.6 Å². The fraction of sp³-hybridized carbons (Fsp3) is 0.333. The highest BCUT2D eigenvalue weighted by Gasteiger charge is 2.07. The van der Waals surface area contributed by atoms with Gasteiger partial charge in [-0.1, -0.05) is 68.4 Å². The average Bonchev–Trinajstić information content (AvgIpc) is 2.40. The molecule has 2 aromatic rings. The Kier molecular flexibility index (Phi) is 4.75. The molecule has 0 spiro atoms. The van der Waals surface area contributed by atoms with Gasteiger partial charge in [-0.2, -0.15) is 0 Å². The fourth-order valence-electron chi connectivity index (χ4n) is 2.27. The Hall–Kier alpha value is -1.60. The van der Waals surface area contributed by atoms with Crippen molar-refractivity contribution in [1.29, 1.82) is 0 Å². The Morgan fingerprint density at radius 1 is 0.789 bits per heavy atom. The van der Waals surface area contributed by atoms with Crippen LogP contribution >= 0.6 is 0 Å². The summed E-state index contributed by atoms with van der Waals surface area (Å²) in [5.41, 5.74) is 3.74. The summed E-state index contributed by atoms with van der Waals surface area (Å²) in [4.78, 5) is 0. The molecular formula is C18H22O. The van der Waals surface area contributed by atoms with Crippen molar-refractivity contribution < 1.29 is 5.11 Å². The first-order valence-electron chi connectivity index (χ1n) is 6.96. The lowest BCUT2D eigenvalue weighted by molar-refractivity contribution is 0.175. The molecule has 1 atom stereocenters. The third-order valence-corrected chi connectivity index (χ3v) is 3.43. The van der Waals surface area contributed by atoms with E-state index in [0.29, 0.717) is 18.8 Å². The van der Waals surface area contributed by atoms with E-state index in [9.17, 15) is 5.11 Å². The van der Waals surface area contributed by atoms with Crippen LogP contribution in [0.5, 0.6) is 0 Å². The minimum atomic E-state index is -0.313. The minimum Gasteiger partial charge on any atom is -0.392 e. The molecule has 19 heavy (non-hydrogen) atoms. The van der Waals surface area contributed by atoms with Gasteiger partial charge in [0, 0.05) is 0 Å². The summed E-state index contributed by atoms with van der Waals surface area (Å²) in [6.07, 6.45) is 1.12. The molecule has 2 rings (SSSR count). The number of hydrogen-bond donors (Lipinski definition) is 1. The van der Waals surface area contributed by atoms with Crippen LogP contribution in [0.1, 0.15) is 36.5 Å². The van der Waals surface area contributed by atoms with Crippen molar-refractivity contribution in [2.75, 3.05) is 0 Å². The highest BCUT2D eigenvalue weighted by molar-refractivity contribution is 5.25. The van der Waals surface area contributed by atoms with Crippen LogP contribution in [-0.2, 0) is 12.8 Å². The molecule has 1 N–H and O–H groups in total. The lowest BCUT2D eigenvalue weighted by Gasteiger charge is -2.12. The Balaban J connectivity index is 1.93. The second kappa shape index (κ2) is 6.53. The molecule has 2 aromatic carbocycles. The van der Waals surface area contributed by atoms with Crippen molar-refractivity contribution in [3.63, 3.8) is 0 Å². The van der Waals surface area contributed by atoms with E-state index >= 15 is 0 Å². The standard InChI is InChI=1S/C18H22O/c1-14(2)17-10-8-16(9-11-17)13-18(19)12-15-6-4-3-5-7-15/h3-11,14,18-19H,12-13H2,1-2H3. The molecule has 0 radical (unpaired) electrons. The molecule has 0 heterocycles. The first-order valence-corrected chi connectivity index (χ1v) is 6.96. The quantitative estimate of drug-likeness (QED) is 0.856. The smallest absolute Gasteiger partial charge is 0.0620 e. The summed E-state index contributed by atoms with van der Waals surface area (Å²) in [6.45, 7) is 4.39. The van der Waals surface area contributed by atoms with Gasteiger partial charge >= 0.3 is 0 Å². The first kappa shape index (κ1) is 13.8. The summed E-state index contributed by atoms with van der Waals surface area (Å²) in [7, 11) is 0. The van der Waals surface area contributed by atoms with E-state index in [1.807, 2.05) is 18.2 Å². The molecule has 0 amide bonds. The summed E-state index contributed by atoms with van der Waals surface area (Å²) in [6, 6.07) is 18.7. The summed E-state index contributed by atoms with van der Waals surface area (Å²) in [5.74, 6) is 0.559. The van der Waals surface area contributed by atoms with E-state index in [1.54, 1.807) is 0 Å². The summed E-state index contributed by atoms with van der Waals surface area (Å²) in [5, 5.41) is 10.1. The average molecular weight is 254 g/mol. The molecule has 0 aliphatic rings. The summed E-state index contributed by atoms with van der Waals surface area (Å²) < 4.78 is 0. The van der Waals surface area contributed by atoms with E-state index in [-0.39, 0.29) is 6.10 Å². The van der Waals surface area contributed by atoms with Crippen LogP contribution in [0.4, 0.5) is 0 Å². The van der Waals surface area contributed by atoms with Crippen molar-refractivity contribution in [1.82, 2.24) is 0 Å². The van der Waals surface area contributed by atoms with Crippen molar-refractivity contribution in [2.24, 2.45) is 0 Å². The predicted molar refractivity (Wildman–Crippen MR) is 80.4 cm³/mol. The Morgan fingerprint density at radius 3 is 1.84 bits per heavy atom. The van der Waals surface area contributed by atoms with Crippen LogP contribution in [0.3, 0.4) is 0 Å². The van der Waals surface area contributed by atoms with Gasteiger partial charge in [0.2, 0.25) is 0 Å². The highest BCUT2D eigenvalue weighted by Crippen LogP contribution is 2.16. The molecular weight excluding hydrogens is 232 g/mol. The molecule has 1 nitrogen and oxygen atoms in total. The Bertz CT molecular complexity index is 485. The van der Waals surface area contributed by atoms with Gasteiger partial charge in [-0.15, -0.1) is 0 Å². The second-order valence-electron chi connectivity index (χ2n) is 5.44. The lowest BCUT2D eigenvalue weighted by Crippen LogP contribution is -2.13. The molecule has 1 unspecified atom stereocenters.